The summed E-state index contributed by atoms with van der Waals surface area (Å²) in [5.74, 6) is -0.270. The van der Waals surface area contributed by atoms with Crippen LogP contribution < -0.4 is 5.43 Å². The number of hydrogen-bond acceptors (Lipinski definition) is 3. The van der Waals surface area contributed by atoms with Crippen LogP contribution in [0, 0.1) is 0 Å². The van der Waals surface area contributed by atoms with Crippen molar-refractivity contribution < 1.29 is 4.79 Å². The van der Waals surface area contributed by atoms with Crippen molar-refractivity contribution in [1.29, 1.82) is 0 Å². The van der Waals surface area contributed by atoms with Crippen LogP contribution in [-0.4, -0.2) is 16.6 Å². The molecular weight excluding hydrogens is 286 g/mol. The molecule has 21 heavy (non-hydrogen) atoms. The quantitative estimate of drug-likeness (QED) is 0.866. The third-order valence-corrected chi connectivity index (χ3v) is 3.64. The third kappa shape index (κ3) is 3.11. The molecule has 1 aromatic heterocycles. The van der Waals surface area contributed by atoms with E-state index < -0.39 is 0 Å². The molecule has 1 aromatic carbocycles. The first-order chi connectivity index (χ1) is 10.2. The second-order valence-corrected chi connectivity index (χ2v) is 5.31. The molecule has 2 aromatic rings. The standard InChI is InChI=1S/C16H14ClN3O/c17-13-7-1-5-12(10-13)16(21)20-19-14-8-2-4-11-6-3-9-18-15(11)14/h1,3,5-7,9-10H,2,4,8H2,(H,20,21)/b19-14+. The molecule has 1 amide bonds. The lowest BCUT2D eigenvalue weighted by Crippen LogP contribution is -2.22. The van der Waals surface area contributed by atoms with Gasteiger partial charge in [0.15, 0.2) is 0 Å². The summed E-state index contributed by atoms with van der Waals surface area (Å²) in [6.45, 7) is 0. The van der Waals surface area contributed by atoms with Gasteiger partial charge in [0.1, 0.15) is 0 Å². The summed E-state index contributed by atoms with van der Waals surface area (Å²) in [4.78, 5) is 16.4. The van der Waals surface area contributed by atoms with E-state index in [9.17, 15) is 4.79 Å². The SMILES string of the molecule is O=C(N/N=C1\CCCc2cccnc21)c1cccc(Cl)c1. The molecular formula is C16H14ClN3O. The van der Waals surface area contributed by atoms with Crippen LogP contribution >= 0.6 is 11.6 Å². The molecule has 0 spiro atoms. The number of benzene rings is 1. The lowest BCUT2D eigenvalue weighted by atomic mass is 9.95. The molecule has 0 radical (unpaired) electrons. The Labute approximate surface area is 127 Å². The van der Waals surface area contributed by atoms with Gasteiger partial charge in [-0.1, -0.05) is 23.7 Å². The molecule has 1 aliphatic rings. The molecule has 1 N–H and O–H groups in total. The highest BCUT2D eigenvalue weighted by Crippen LogP contribution is 2.19. The van der Waals surface area contributed by atoms with Crippen molar-refractivity contribution in [3.8, 4) is 0 Å². The molecule has 0 fully saturated rings. The van der Waals surface area contributed by atoms with Crippen LogP contribution in [0.3, 0.4) is 0 Å². The zero-order chi connectivity index (χ0) is 14.7. The Morgan fingerprint density at radius 2 is 2.14 bits per heavy atom. The fourth-order valence-electron chi connectivity index (χ4n) is 2.39. The number of nitrogens with one attached hydrogen (secondary N) is 1. The number of amides is 1. The molecule has 0 atom stereocenters. The van der Waals surface area contributed by atoms with Gasteiger partial charge >= 0.3 is 0 Å². The van der Waals surface area contributed by atoms with Crippen LogP contribution in [-0.2, 0) is 6.42 Å². The Morgan fingerprint density at radius 3 is 3.00 bits per heavy atom. The van der Waals surface area contributed by atoms with Crippen molar-refractivity contribution in [3.05, 3.63) is 64.4 Å². The topological polar surface area (TPSA) is 54.4 Å². The molecule has 1 heterocycles. The van der Waals surface area contributed by atoms with Crippen molar-refractivity contribution in [2.24, 2.45) is 5.10 Å². The molecule has 0 bridgehead atoms. The van der Waals surface area contributed by atoms with Crippen molar-refractivity contribution in [1.82, 2.24) is 10.4 Å². The van der Waals surface area contributed by atoms with Crippen LogP contribution in [0.2, 0.25) is 5.02 Å². The normalized spacial score (nSPS) is 15.6. The first kappa shape index (κ1) is 13.8. The zero-order valence-corrected chi connectivity index (χ0v) is 12.1. The summed E-state index contributed by atoms with van der Waals surface area (Å²) in [6, 6.07) is 10.8. The third-order valence-electron chi connectivity index (χ3n) is 3.40. The minimum Gasteiger partial charge on any atom is -0.267 e. The van der Waals surface area contributed by atoms with Gasteiger partial charge < -0.3 is 0 Å². The molecule has 0 saturated carbocycles. The Morgan fingerprint density at radius 1 is 1.24 bits per heavy atom. The molecule has 1 aliphatic carbocycles. The number of aryl methyl sites for hydroxylation is 1. The van der Waals surface area contributed by atoms with Gasteiger partial charge in [-0.3, -0.25) is 9.78 Å². The first-order valence-corrected chi connectivity index (χ1v) is 7.18. The maximum absolute atomic E-state index is 12.1. The van der Waals surface area contributed by atoms with E-state index in [0.717, 1.165) is 30.7 Å². The largest absolute Gasteiger partial charge is 0.271 e. The molecule has 0 unspecified atom stereocenters. The van der Waals surface area contributed by atoms with Gasteiger partial charge in [0.25, 0.3) is 5.91 Å². The van der Waals surface area contributed by atoms with E-state index in [1.165, 1.54) is 5.56 Å². The minimum absolute atomic E-state index is 0.270. The van der Waals surface area contributed by atoms with Crippen LogP contribution in [0.1, 0.15) is 34.5 Å². The summed E-state index contributed by atoms with van der Waals surface area (Å²) in [7, 11) is 0. The smallest absolute Gasteiger partial charge is 0.267 e. The fraction of sp³-hybridized carbons (Fsp3) is 0.188. The van der Waals surface area contributed by atoms with Gasteiger partial charge in [0.05, 0.1) is 11.4 Å². The molecule has 0 saturated heterocycles. The second-order valence-electron chi connectivity index (χ2n) is 4.87. The molecule has 0 aliphatic heterocycles. The molecule has 106 valence electrons. The average molecular weight is 300 g/mol. The van der Waals surface area contributed by atoms with E-state index >= 15 is 0 Å². The van der Waals surface area contributed by atoms with Crippen molar-refractivity contribution in [2.75, 3.05) is 0 Å². The van der Waals surface area contributed by atoms with E-state index in [1.54, 1.807) is 30.5 Å². The first-order valence-electron chi connectivity index (χ1n) is 6.81. The van der Waals surface area contributed by atoms with Gasteiger partial charge in [-0.2, -0.15) is 5.10 Å². The fourth-order valence-corrected chi connectivity index (χ4v) is 2.58. The van der Waals surface area contributed by atoms with Gasteiger partial charge in [0, 0.05) is 16.8 Å². The maximum atomic E-state index is 12.1. The lowest BCUT2D eigenvalue weighted by molar-refractivity contribution is 0.0954. The van der Waals surface area contributed by atoms with E-state index in [2.05, 4.69) is 21.6 Å². The van der Waals surface area contributed by atoms with Gasteiger partial charge in [-0.05, 0) is 49.1 Å². The number of carbonyl (C=O) groups is 1. The number of pyridine rings is 1. The highest BCUT2D eigenvalue weighted by molar-refractivity contribution is 6.30. The van der Waals surface area contributed by atoms with E-state index in [1.807, 2.05) is 6.07 Å². The number of rotatable bonds is 2. The summed E-state index contributed by atoms with van der Waals surface area (Å²) >= 11 is 5.88. The van der Waals surface area contributed by atoms with Gasteiger partial charge in [0.2, 0.25) is 0 Å². The Balaban J connectivity index is 1.79. The van der Waals surface area contributed by atoms with E-state index in [-0.39, 0.29) is 5.91 Å². The predicted molar refractivity (Wildman–Crippen MR) is 82.6 cm³/mol. The predicted octanol–water partition coefficient (Wildman–Crippen LogP) is 3.21. The van der Waals surface area contributed by atoms with E-state index in [4.69, 9.17) is 11.6 Å². The van der Waals surface area contributed by atoms with Crippen molar-refractivity contribution >= 4 is 23.2 Å². The summed E-state index contributed by atoms with van der Waals surface area (Å²) in [5, 5.41) is 4.77. The number of aromatic nitrogens is 1. The van der Waals surface area contributed by atoms with E-state index in [0.29, 0.717) is 10.6 Å². The summed E-state index contributed by atoms with van der Waals surface area (Å²) in [5.41, 5.74) is 5.97. The van der Waals surface area contributed by atoms with Crippen LogP contribution in [0.15, 0.2) is 47.7 Å². The summed E-state index contributed by atoms with van der Waals surface area (Å²) in [6.07, 6.45) is 4.59. The molecule has 3 rings (SSSR count). The van der Waals surface area contributed by atoms with Crippen molar-refractivity contribution in [2.45, 2.75) is 19.3 Å². The number of hydrazone groups is 1. The molecule has 4 nitrogen and oxygen atoms in total. The minimum atomic E-state index is -0.270. The Bertz CT molecular complexity index is 712. The van der Waals surface area contributed by atoms with Crippen LogP contribution in [0.25, 0.3) is 0 Å². The number of halogens is 1. The Hall–Kier alpha value is -2.20. The number of nitrogens with zero attached hydrogens (tertiary/aromatic N) is 2. The van der Waals surface area contributed by atoms with Gasteiger partial charge in [-0.25, -0.2) is 5.43 Å². The zero-order valence-electron chi connectivity index (χ0n) is 11.3. The number of hydrogen-bond donors (Lipinski definition) is 1. The Kier molecular flexibility index (Phi) is 3.97. The highest BCUT2D eigenvalue weighted by atomic mass is 35.5. The average Bonchev–Trinajstić information content (AvgIpc) is 2.52. The monoisotopic (exact) mass is 299 g/mol. The lowest BCUT2D eigenvalue weighted by Gasteiger charge is -2.16. The van der Waals surface area contributed by atoms with Crippen LogP contribution in [0.4, 0.5) is 0 Å². The van der Waals surface area contributed by atoms with Crippen LogP contribution in [0.5, 0.6) is 0 Å². The highest BCUT2D eigenvalue weighted by Gasteiger charge is 2.16. The molecule has 5 heteroatoms. The van der Waals surface area contributed by atoms with Crippen molar-refractivity contribution in [3.63, 3.8) is 0 Å². The number of carbonyl (C=O) groups excluding carboxylic acids is 1. The second kappa shape index (κ2) is 6.06. The van der Waals surface area contributed by atoms with Gasteiger partial charge in [-0.15, -0.1) is 0 Å². The summed E-state index contributed by atoms with van der Waals surface area (Å²) < 4.78 is 0. The maximum Gasteiger partial charge on any atom is 0.271 e. The number of fused-ring (bicyclic) bond motifs is 1.